The largest absolute Gasteiger partial charge is 0.380 e. The molecule has 0 bridgehead atoms. The van der Waals surface area contributed by atoms with Crippen molar-refractivity contribution in [3.8, 4) is 0 Å². The fraction of sp³-hybridized carbons (Fsp3) is 1.00. The first-order valence-electron chi connectivity index (χ1n) is 4.67. The Bertz CT molecular complexity index is 138. The molecule has 2 N–H and O–H groups in total. The number of nitrogens with zero attached hydrogens (tertiary/aromatic N) is 1. The van der Waals surface area contributed by atoms with Crippen molar-refractivity contribution in [1.29, 1.82) is 0 Å². The molecule has 1 rings (SSSR count). The Morgan fingerprint density at radius 3 is 2.58 bits per heavy atom. The lowest BCUT2D eigenvalue weighted by atomic mass is 10.0. The van der Waals surface area contributed by atoms with E-state index >= 15 is 0 Å². The van der Waals surface area contributed by atoms with Gasteiger partial charge in [-0.2, -0.15) is 0 Å². The molecule has 72 valence electrons. The second kappa shape index (κ2) is 4.21. The minimum Gasteiger partial charge on any atom is -0.380 e. The van der Waals surface area contributed by atoms with Crippen molar-refractivity contribution in [1.82, 2.24) is 4.90 Å². The van der Waals surface area contributed by atoms with Gasteiger partial charge in [-0.05, 0) is 20.3 Å². The first-order chi connectivity index (χ1) is 5.65. The quantitative estimate of drug-likeness (QED) is 0.657. The van der Waals surface area contributed by atoms with Crippen molar-refractivity contribution in [3.05, 3.63) is 0 Å². The summed E-state index contributed by atoms with van der Waals surface area (Å²) in [4.78, 5) is 2.40. The summed E-state index contributed by atoms with van der Waals surface area (Å²) in [6, 6.07) is 0.792. The molecule has 0 aromatic rings. The Balaban J connectivity index is 2.40. The van der Waals surface area contributed by atoms with Crippen LogP contribution in [0, 0.1) is 0 Å². The Hall–Kier alpha value is -0.120. The third-order valence-electron chi connectivity index (χ3n) is 2.66. The van der Waals surface area contributed by atoms with Crippen molar-refractivity contribution in [2.75, 3.05) is 20.2 Å². The SMILES string of the molecule is CO[C@@H]1CCN(C(C)C)C[C@@H]1N. The molecule has 0 saturated carbocycles. The molecule has 1 heterocycles. The number of hydrogen-bond acceptors (Lipinski definition) is 3. The van der Waals surface area contributed by atoms with Gasteiger partial charge >= 0.3 is 0 Å². The molecule has 1 aliphatic rings. The molecular formula is C9H20N2O. The third-order valence-corrected chi connectivity index (χ3v) is 2.66. The van der Waals surface area contributed by atoms with Gasteiger partial charge in [-0.15, -0.1) is 0 Å². The van der Waals surface area contributed by atoms with Gasteiger partial charge in [0.2, 0.25) is 0 Å². The Morgan fingerprint density at radius 1 is 1.50 bits per heavy atom. The van der Waals surface area contributed by atoms with Crippen LogP contribution in [0.4, 0.5) is 0 Å². The van der Waals surface area contributed by atoms with Gasteiger partial charge in [0.05, 0.1) is 6.10 Å². The van der Waals surface area contributed by atoms with Crippen LogP contribution < -0.4 is 5.73 Å². The van der Waals surface area contributed by atoms with E-state index in [0.29, 0.717) is 6.04 Å². The molecule has 1 saturated heterocycles. The van der Waals surface area contributed by atoms with E-state index in [-0.39, 0.29) is 12.1 Å². The smallest absolute Gasteiger partial charge is 0.0746 e. The normalized spacial score (nSPS) is 32.8. The molecule has 0 radical (unpaired) electrons. The lowest BCUT2D eigenvalue weighted by molar-refractivity contribution is 0.0159. The van der Waals surface area contributed by atoms with E-state index in [4.69, 9.17) is 10.5 Å². The van der Waals surface area contributed by atoms with Gasteiger partial charge in [0.25, 0.3) is 0 Å². The second-order valence-corrected chi connectivity index (χ2v) is 3.82. The van der Waals surface area contributed by atoms with Crippen molar-refractivity contribution >= 4 is 0 Å². The maximum Gasteiger partial charge on any atom is 0.0746 e. The van der Waals surface area contributed by atoms with Gasteiger partial charge in [0.15, 0.2) is 0 Å². The summed E-state index contributed by atoms with van der Waals surface area (Å²) >= 11 is 0. The van der Waals surface area contributed by atoms with Crippen LogP contribution >= 0.6 is 0 Å². The molecule has 1 aliphatic heterocycles. The van der Waals surface area contributed by atoms with E-state index in [0.717, 1.165) is 19.5 Å². The van der Waals surface area contributed by atoms with Gasteiger partial charge in [-0.3, -0.25) is 4.90 Å². The van der Waals surface area contributed by atoms with E-state index < -0.39 is 0 Å². The first kappa shape index (κ1) is 9.96. The average Bonchev–Trinajstić information content (AvgIpc) is 2.04. The fourth-order valence-electron chi connectivity index (χ4n) is 1.75. The van der Waals surface area contributed by atoms with Gasteiger partial charge in [0, 0.05) is 32.3 Å². The summed E-state index contributed by atoms with van der Waals surface area (Å²) in [6.45, 7) is 6.50. The number of hydrogen-bond donors (Lipinski definition) is 1. The highest BCUT2D eigenvalue weighted by molar-refractivity contribution is 4.84. The Labute approximate surface area is 74.9 Å². The maximum atomic E-state index is 5.95. The fourth-order valence-corrected chi connectivity index (χ4v) is 1.75. The monoisotopic (exact) mass is 172 g/mol. The standard InChI is InChI=1S/C9H20N2O/c1-7(2)11-5-4-9(12-3)8(10)6-11/h7-9H,4-6,10H2,1-3H3/t8-,9+/m0/s1. The Kier molecular flexibility index (Phi) is 3.50. The van der Waals surface area contributed by atoms with Crippen LogP contribution in [0.2, 0.25) is 0 Å². The summed E-state index contributed by atoms with van der Waals surface area (Å²) in [6.07, 6.45) is 1.33. The van der Waals surface area contributed by atoms with E-state index in [2.05, 4.69) is 18.7 Å². The molecule has 3 nitrogen and oxygen atoms in total. The Morgan fingerprint density at radius 2 is 2.17 bits per heavy atom. The van der Waals surface area contributed by atoms with Crippen molar-refractivity contribution in [2.45, 2.75) is 38.5 Å². The van der Waals surface area contributed by atoms with Crippen molar-refractivity contribution in [2.24, 2.45) is 5.73 Å². The first-order valence-corrected chi connectivity index (χ1v) is 4.67. The van der Waals surface area contributed by atoms with Gasteiger partial charge in [-0.25, -0.2) is 0 Å². The average molecular weight is 172 g/mol. The van der Waals surface area contributed by atoms with Crippen molar-refractivity contribution in [3.63, 3.8) is 0 Å². The predicted molar refractivity (Wildman–Crippen MR) is 50.1 cm³/mol. The third kappa shape index (κ3) is 2.19. The molecular weight excluding hydrogens is 152 g/mol. The molecule has 1 fully saturated rings. The molecule has 0 aromatic carbocycles. The van der Waals surface area contributed by atoms with Gasteiger partial charge < -0.3 is 10.5 Å². The molecule has 2 atom stereocenters. The molecule has 0 spiro atoms. The summed E-state index contributed by atoms with van der Waals surface area (Å²) in [7, 11) is 1.75. The number of nitrogens with two attached hydrogens (primary N) is 1. The van der Waals surface area contributed by atoms with Crippen LogP contribution in [0.15, 0.2) is 0 Å². The molecule has 12 heavy (non-hydrogen) atoms. The summed E-state index contributed by atoms with van der Waals surface area (Å²) in [5, 5.41) is 0. The van der Waals surface area contributed by atoms with E-state index in [1.807, 2.05) is 0 Å². The molecule has 0 aliphatic carbocycles. The van der Waals surface area contributed by atoms with Crippen LogP contribution in [0.3, 0.4) is 0 Å². The molecule has 3 heteroatoms. The van der Waals surface area contributed by atoms with E-state index in [9.17, 15) is 0 Å². The van der Waals surface area contributed by atoms with Crippen LogP contribution in [-0.4, -0.2) is 43.3 Å². The van der Waals surface area contributed by atoms with Gasteiger partial charge in [0.1, 0.15) is 0 Å². The lowest BCUT2D eigenvalue weighted by Crippen LogP contribution is -2.53. The minimum absolute atomic E-state index is 0.186. The van der Waals surface area contributed by atoms with Crippen molar-refractivity contribution < 1.29 is 4.74 Å². The topological polar surface area (TPSA) is 38.5 Å². The predicted octanol–water partition coefficient (Wildman–Crippen LogP) is 0.443. The summed E-state index contributed by atoms with van der Waals surface area (Å²) in [5.41, 5.74) is 5.95. The number of likely N-dealkylation sites (tertiary alicyclic amines) is 1. The highest BCUT2D eigenvalue weighted by atomic mass is 16.5. The second-order valence-electron chi connectivity index (χ2n) is 3.82. The van der Waals surface area contributed by atoms with Gasteiger partial charge in [-0.1, -0.05) is 0 Å². The highest BCUT2D eigenvalue weighted by Gasteiger charge is 2.27. The molecule has 0 amide bonds. The van der Waals surface area contributed by atoms with Crippen LogP contribution in [0.25, 0.3) is 0 Å². The maximum absolute atomic E-state index is 5.95. The number of methoxy groups -OCH3 is 1. The lowest BCUT2D eigenvalue weighted by Gasteiger charge is -2.38. The summed E-state index contributed by atoms with van der Waals surface area (Å²) in [5.74, 6) is 0. The van der Waals surface area contributed by atoms with E-state index in [1.165, 1.54) is 0 Å². The minimum atomic E-state index is 0.186. The van der Waals surface area contributed by atoms with Crippen LogP contribution in [0.1, 0.15) is 20.3 Å². The number of piperidine rings is 1. The molecule has 0 unspecified atom stereocenters. The van der Waals surface area contributed by atoms with Crippen LogP contribution in [-0.2, 0) is 4.74 Å². The van der Waals surface area contributed by atoms with E-state index in [1.54, 1.807) is 7.11 Å². The van der Waals surface area contributed by atoms with Crippen LogP contribution in [0.5, 0.6) is 0 Å². The zero-order valence-electron chi connectivity index (χ0n) is 8.29. The zero-order chi connectivity index (χ0) is 9.14. The zero-order valence-corrected chi connectivity index (χ0v) is 8.29. The number of rotatable bonds is 2. The summed E-state index contributed by atoms with van der Waals surface area (Å²) < 4.78 is 5.28. The highest BCUT2D eigenvalue weighted by Crippen LogP contribution is 2.14. The number of ether oxygens (including phenoxy) is 1. The molecule has 0 aromatic heterocycles.